The van der Waals surface area contributed by atoms with Crippen LogP contribution in [0, 0.1) is 5.41 Å². The number of likely N-dealkylation sites (N-methyl/N-ethyl adjacent to an activating group) is 1. The van der Waals surface area contributed by atoms with Crippen molar-refractivity contribution in [3.8, 4) is 11.1 Å². The lowest BCUT2D eigenvalue weighted by atomic mass is 9.95. The smallest absolute Gasteiger partial charge is 0.328 e. The number of hydrogen-bond acceptors (Lipinski definition) is 24. The Morgan fingerprint density at radius 3 is 1.64 bits per heavy atom. The lowest BCUT2D eigenvalue weighted by Gasteiger charge is -2.25. The van der Waals surface area contributed by atoms with Gasteiger partial charge in [0.2, 0.25) is 11.8 Å². The molecule has 0 radical (unpaired) electrons. The fourth-order valence-corrected chi connectivity index (χ4v) is 10.4. The monoisotopic (exact) mass is 1380 g/mol. The van der Waals surface area contributed by atoms with E-state index in [1.807, 2.05) is 74.8 Å². The number of benzene rings is 4. The van der Waals surface area contributed by atoms with E-state index < -0.39 is 24.2 Å². The molecule has 2 amide bonds. The SMILES string of the molecule is CCOC(=O)C1CCCCC(NC(=O)/C=C/c2cc(NC)ccc2N(N)/C=N\N)/C(NC)=C/C(=C\C=O)c2ccc(NC)cc2N1.CCOC(=O)[C@@H]1CCCCC(NC(=O)/C=C/c2cc(Cl)ccc2N(N)C=N)c2cc(c(Cl)nn2)-c2ccc(NC)cc2N1.COC=O.COC=O. The number of rotatable bonds is 21. The molecule has 4 atom stereocenters. The number of nitrogens with two attached hydrogens (primary N) is 3. The van der Waals surface area contributed by atoms with Crippen molar-refractivity contribution in [1.29, 1.82) is 5.41 Å². The van der Waals surface area contributed by atoms with E-state index in [1.165, 1.54) is 43.8 Å². The van der Waals surface area contributed by atoms with Crippen molar-refractivity contribution in [2.75, 3.05) is 92.2 Å². The van der Waals surface area contributed by atoms with Crippen LogP contribution in [0.3, 0.4) is 0 Å². The lowest BCUT2D eigenvalue weighted by Crippen LogP contribution is -2.39. The largest absolute Gasteiger partial charge is 0.471 e. The lowest BCUT2D eigenvalue weighted by molar-refractivity contribution is -0.145. The third-order valence-corrected chi connectivity index (χ3v) is 15.2. The first kappa shape index (κ1) is 78.9. The zero-order chi connectivity index (χ0) is 71.2. The second-order valence-electron chi connectivity index (χ2n) is 21.0. The molecule has 3 heterocycles. The molecule has 4 aromatic carbocycles. The molecule has 2 aliphatic rings. The van der Waals surface area contributed by atoms with Crippen molar-refractivity contribution >= 4 is 136 Å². The minimum atomic E-state index is -0.597. The predicted octanol–water partition coefficient (Wildman–Crippen LogP) is 8.30. The number of carbonyl (C=O) groups excluding carboxylic acids is 7. The van der Waals surface area contributed by atoms with Gasteiger partial charge in [-0.2, -0.15) is 10.2 Å². The van der Waals surface area contributed by atoms with Crippen molar-refractivity contribution in [2.24, 2.45) is 22.6 Å². The van der Waals surface area contributed by atoms with Crippen LogP contribution in [0.5, 0.6) is 0 Å². The fraction of sp³-hybridized carbons (Fsp3) is 0.328. The van der Waals surface area contributed by atoms with E-state index in [9.17, 15) is 24.0 Å². The zero-order valence-corrected chi connectivity index (χ0v) is 57.0. The van der Waals surface area contributed by atoms with Gasteiger partial charge in [-0.1, -0.05) is 61.0 Å². The molecule has 1 aromatic heterocycles. The number of allylic oxidation sites excluding steroid dienone is 3. The molecule has 0 spiro atoms. The number of aldehydes is 1. The summed E-state index contributed by atoms with van der Waals surface area (Å²) < 4.78 is 18.5. The van der Waals surface area contributed by atoms with E-state index in [0.29, 0.717) is 138 Å². The van der Waals surface area contributed by atoms with Crippen LogP contribution in [-0.2, 0) is 52.5 Å². The van der Waals surface area contributed by atoms with Crippen LogP contribution in [0.15, 0.2) is 114 Å². The standard InChI is InChI=1S/C33H45N9O4.C30H34Cl2N8O3.2C2H4O2/c1-5-46-33(45)28-9-7-6-8-27(30(38-4)19-22(16-17-43)26-13-11-25(37-3)20-29(26)40-28)41-32(44)15-10-23-18-24(36-2)12-14-31(23)42(35)21-39-34;1-3-43-30(42)24-7-5-4-6-23(37-28(41)13-8-18-14-19(31)9-12-27(18)40(34)17-33)26-16-22(29(32)39-38-26)21-11-10-20(35-2)15-25(21)36-24;2*1-4-2-3/h10-21,27-28,36-38,40H,5-9,34-35H2,1-4H3,(H,41,44);8-17,23-24,33,35-36H,3-7,34H2,1-2H3,(H,37,41);2*2H,1H3/b15-10+,22-16+,30-19-,39-21-;13-8+,33-17?;;/t;23?,24-;;/m.0../s1. The predicted molar refractivity (Wildman–Crippen MR) is 383 cm³/mol. The summed E-state index contributed by atoms with van der Waals surface area (Å²) in [6.45, 7) is 4.83. The summed E-state index contributed by atoms with van der Waals surface area (Å²) in [6.07, 6.45) is 17.2. The average molecular weight is 1380 g/mol. The number of aromatic nitrogens is 2. The maximum absolute atomic E-state index is 13.4. The van der Waals surface area contributed by atoms with E-state index in [2.05, 4.69) is 67.3 Å². The minimum absolute atomic E-state index is 0.185. The number of hydrogen-bond donors (Lipinski definition) is 12. The van der Waals surface area contributed by atoms with Gasteiger partial charge in [0.15, 0.2) is 5.15 Å². The number of carbonyl (C=O) groups is 7. The van der Waals surface area contributed by atoms with Crippen LogP contribution >= 0.6 is 23.2 Å². The van der Waals surface area contributed by atoms with Gasteiger partial charge in [0.25, 0.3) is 12.9 Å². The van der Waals surface area contributed by atoms with Gasteiger partial charge in [0.1, 0.15) is 31.0 Å². The highest BCUT2D eigenvalue weighted by molar-refractivity contribution is 6.32. The Morgan fingerprint density at radius 2 is 1.12 bits per heavy atom. The Hall–Kier alpha value is -10.6. The maximum Gasteiger partial charge on any atom is 0.328 e. The molecule has 0 saturated carbocycles. The number of halogens is 2. The molecule has 30 heteroatoms. The minimum Gasteiger partial charge on any atom is -0.471 e. The number of hydrazine groups is 2. The molecule has 15 N–H and O–H groups in total. The highest BCUT2D eigenvalue weighted by Gasteiger charge is 2.27. The van der Waals surface area contributed by atoms with Gasteiger partial charge in [0.05, 0.1) is 56.6 Å². The van der Waals surface area contributed by atoms with Gasteiger partial charge in [-0.25, -0.2) is 21.3 Å². The van der Waals surface area contributed by atoms with Crippen molar-refractivity contribution < 1.29 is 52.5 Å². The summed E-state index contributed by atoms with van der Waals surface area (Å²) in [5.74, 6) is 15.8. The maximum atomic E-state index is 13.4. The number of nitrogens with one attached hydrogen (secondary N) is 9. The quantitative estimate of drug-likeness (QED) is 0.00480. The van der Waals surface area contributed by atoms with Gasteiger partial charge >= 0.3 is 11.9 Å². The topological polar surface area (TPSA) is 399 Å². The second-order valence-corrected chi connectivity index (χ2v) is 21.8. The molecule has 5 aromatic rings. The Balaban J connectivity index is 0.000000372. The van der Waals surface area contributed by atoms with Crippen LogP contribution < -0.4 is 70.1 Å². The molecular formula is C67H87Cl2N17O11. The van der Waals surface area contributed by atoms with E-state index >= 15 is 0 Å². The Labute approximate surface area is 574 Å². The Kier molecular flexibility index (Phi) is 34.7. The third-order valence-electron chi connectivity index (χ3n) is 14.7. The number of esters is 2. The third kappa shape index (κ3) is 24.9. The van der Waals surface area contributed by atoms with Gasteiger partial charge in [-0.05, 0) is 136 Å². The summed E-state index contributed by atoms with van der Waals surface area (Å²) in [5.41, 5.74) is 10.1. The van der Waals surface area contributed by atoms with Crippen molar-refractivity contribution in [2.45, 2.75) is 89.4 Å². The molecule has 0 fully saturated rings. The first-order valence-corrected chi connectivity index (χ1v) is 31.5. The van der Waals surface area contributed by atoms with E-state index in [1.54, 1.807) is 64.4 Å². The summed E-state index contributed by atoms with van der Waals surface area (Å²) in [7, 11) is 9.81. The number of anilines is 7. The second kappa shape index (κ2) is 42.7. The number of fused-ring (bicyclic) bond motifs is 5. The molecule has 520 valence electrons. The zero-order valence-electron chi connectivity index (χ0n) is 55.5. The van der Waals surface area contributed by atoms with Gasteiger partial charge in [-0.3, -0.25) is 39.4 Å². The van der Waals surface area contributed by atoms with Gasteiger partial charge in [-0.15, -0.1) is 5.10 Å². The van der Waals surface area contributed by atoms with E-state index in [4.69, 9.17) is 65.2 Å². The highest BCUT2D eigenvalue weighted by atomic mass is 35.5. The van der Waals surface area contributed by atoms with Crippen LogP contribution in [0.1, 0.15) is 93.6 Å². The Morgan fingerprint density at radius 1 is 0.639 bits per heavy atom. The molecular weight excluding hydrogens is 1290 g/mol. The molecule has 0 saturated heterocycles. The number of methoxy groups -OCH3 is 2. The first-order chi connectivity index (χ1) is 46.8. The fourth-order valence-electron chi connectivity index (χ4n) is 9.98. The Bertz CT molecular complexity index is 3600. The number of amides is 2. The normalized spacial score (nSPS) is 16.8. The average Bonchev–Trinajstić information content (AvgIpc) is 0.809. The molecule has 0 aliphatic carbocycles. The number of ether oxygens (including phenoxy) is 4. The molecule has 2 aliphatic heterocycles. The summed E-state index contributed by atoms with van der Waals surface area (Å²) in [6, 6.07) is 21.5. The van der Waals surface area contributed by atoms with E-state index in [0.717, 1.165) is 34.0 Å². The first-order valence-electron chi connectivity index (χ1n) is 30.8. The molecule has 97 heavy (non-hydrogen) atoms. The summed E-state index contributed by atoms with van der Waals surface area (Å²) >= 11 is 12.7. The number of hydrazone groups is 1. The van der Waals surface area contributed by atoms with Crippen LogP contribution in [0.2, 0.25) is 10.2 Å². The van der Waals surface area contributed by atoms with E-state index in [-0.39, 0.29) is 42.1 Å². The van der Waals surface area contributed by atoms with Gasteiger partial charge < -0.3 is 67.3 Å². The van der Waals surface area contributed by atoms with Crippen molar-refractivity contribution in [3.63, 3.8) is 0 Å². The molecule has 3 unspecified atom stereocenters. The summed E-state index contributed by atoms with van der Waals surface area (Å²) in [4.78, 5) is 82.1. The van der Waals surface area contributed by atoms with Gasteiger partial charge in [0, 0.05) is 107 Å². The van der Waals surface area contributed by atoms with Crippen LogP contribution in [-0.4, -0.2) is 140 Å². The molecule has 28 nitrogen and oxygen atoms in total. The molecule has 2 bridgehead atoms. The molecule has 7 rings (SSSR count). The number of nitrogens with zero attached hydrogens (tertiary/aromatic N) is 5. The van der Waals surface area contributed by atoms with Crippen molar-refractivity contribution in [1.82, 2.24) is 26.1 Å². The highest BCUT2D eigenvalue weighted by Crippen LogP contribution is 2.38. The summed E-state index contributed by atoms with van der Waals surface area (Å²) in [5, 5.41) is 47.9. The van der Waals surface area contributed by atoms with Crippen LogP contribution in [0.4, 0.5) is 39.8 Å². The van der Waals surface area contributed by atoms with Crippen molar-refractivity contribution in [3.05, 3.63) is 141 Å². The van der Waals surface area contributed by atoms with Crippen LogP contribution in [0.25, 0.3) is 28.9 Å².